The van der Waals surface area contributed by atoms with Crippen LogP contribution in [0.3, 0.4) is 0 Å². The Bertz CT molecular complexity index is 642. The molecule has 0 aliphatic carbocycles. The van der Waals surface area contributed by atoms with E-state index in [2.05, 4.69) is 0 Å². The number of thioether (sulfide) groups is 1. The van der Waals surface area contributed by atoms with Gasteiger partial charge in [-0.05, 0) is 44.5 Å². The molecule has 6 heteroatoms. The van der Waals surface area contributed by atoms with E-state index in [1.165, 1.54) is 23.9 Å². The molecule has 2 rings (SSSR count). The molecule has 1 aliphatic rings. The van der Waals surface area contributed by atoms with Gasteiger partial charge in [-0.15, -0.1) is 0 Å². The van der Waals surface area contributed by atoms with Crippen LogP contribution >= 0.6 is 24.0 Å². The van der Waals surface area contributed by atoms with Crippen molar-refractivity contribution in [1.29, 1.82) is 0 Å². The van der Waals surface area contributed by atoms with Gasteiger partial charge in [0.05, 0.1) is 10.5 Å². The number of thiocarbonyl (C=S) groups is 1. The van der Waals surface area contributed by atoms with Gasteiger partial charge in [0.1, 0.15) is 4.32 Å². The van der Waals surface area contributed by atoms with Crippen molar-refractivity contribution in [3.63, 3.8) is 0 Å². The molecule has 4 nitrogen and oxygen atoms in total. The van der Waals surface area contributed by atoms with Gasteiger partial charge < -0.3 is 5.11 Å². The van der Waals surface area contributed by atoms with Crippen LogP contribution < -0.4 is 0 Å². The molecule has 0 unspecified atom stereocenters. The summed E-state index contributed by atoms with van der Waals surface area (Å²) in [6.07, 6.45) is 1.73. The molecule has 0 saturated carbocycles. The Morgan fingerprint density at radius 1 is 1.29 bits per heavy atom. The van der Waals surface area contributed by atoms with E-state index in [1.807, 2.05) is 20.8 Å². The maximum Gasteiger partial charge on any atom is 0.335 e. The van der Waals surface area contributed by atoms with E-state index in [4.69, 9.17) is 17.3 Å². The lowest BCUT2D eigenvalue weighted by molar-refractivity contribution is -0.125. The lowest BCUT2D eigenvalue weighted by Crippen LogP contribution is -2.44. The fourth-order valence-electron chi connectivity index (χ4n) is 1.92. The fraction of sp³-hybridized carbons (Fsp3) is 0.267. The first kappa shape index (κ1) is 15.7. The van der Waals surface area contributed by atoms with E-state index < -0.39 is 5.97 Å². The Morgan fingerprint density at radius 2 is 1.86 bits per heavy atom. The lowest BCUT2D eigenvalue weighted by atomic mass is 10.1. The Labute approximate surface area is 132 Å². The minimum absolute atomic E-state index is 0.111. The third-order valence-corrected chi connectivity index (χ3v) is 4.22. The molecule has 0 atom stereocenters. The van der Waals surface area contributed by atoms with Gasteiger partial charge in [-0.1, -0.05) is 36.1 Å². The Morgan fingerprint density at radius 3 is 2.29 bits per heavy atom. The highest BCUT2D eigenvalue weighted by atomic mass is 32.2. The summed E-state index contributed by atoms with van der Waals surface area (Å²) in [6.45, 7) is 5.80. The summed E-state index contributed by atoms with van der Waals surface area (Å²) < 4.78 is 0.543. The normalized spacial score (nSPS) is 17.7. The molecule has 0 aromatic heterocycles. The molecule has 0 bridgehead atoms. The number of carboxylic acid groups (broad SMARTS) is 1. The molecule has 0 radical (unpaired) electrons. The summed E-state index contributed by atoms with van der Waals surface area (Å²) in [6, 6.07) is 6.37. The number of benzene rings is 1. The molecule has 0 spiro atoms. The van der Waals surface area contributed by atoms with Crippen molar-refractivity contribution in [1.82, 2.24) is 4.90 Å². The minimum atomic E-state index is -0.972. The van der Waals surface area contributed by atoms with Crippen molar-refractivity contribution in [3.05, 3.63) is 40.3 Å². The molecular formula is C15H15NO3S2. The molecule has 1 aromatic carbocycles. The number of hydrogen-bond acceptors (Lipinski definition) is 4. The summed E-state index contributed by atoms with van der Waals surface area (Å²) >= 11 is 6.53. The zero-order valence-corrected chi connectivity index (χ0v) is 13.5. The van der Waals surface area contributed by atoms with Gasteiger partial charge in [-0.25, -0.2) is 4.79 Å². The molecule has 1 heterocycles. The van der Waals surface area contributed by atoms with Crippen LogP contribution in [0.2, 0.25) is 0 Å². The molecular weight excluding hydrogens is 306 g/mol. The largest absolute Gasteiger partial charge is 0.478 e. The van der Waals surface area contributed by atoms with Gasteiger partial charge in [0, 0.05) is 5.54 Å². The predicted octanol–water partition coefficient (Wildman–Crippen LogP) is 3.38. The van der Waals surface area contributed by atoms with Crippen LogP contribution in [-0.2, 0) is 4.79 Å². The van der Waals surface area contributed by atoms with Crippen LogP contribution in [0.5, 0.6) is 0 Å². The first-order chi connectivity index (χ1) is 9.70. The van der Waals surface area contributed by atoms with Gasteiger partial charge in [0.25, 0.3) is 5.91 Å². The van der Waals surface area contributed by atoms with Crippen molar-refractivity contribution in [2.45, 2.75) is 26.3 Å². The van der Waals surface area contributed by atoms with Crippen molar-refractivity contribution in [2.75, 3.05) is 0 Å². The van der Waals surface area contributed by atoms with E-state index in [1.54, 1.807) is 23.1 Å². The summed E-state index contributed by atoms with van der Waals surface area (Å²) in [5.41, 5.74) is 0.632. The summed E-state index contributed by atoms with van der Waals surface area (Å²) in [7, 11) is 0. The maximum atomic E-state index is 12.4. The van der Waals surface area contributed by atoms with E-state index >= 15 is 0 Å². The molecule has 1 fully saturated rings. The first-order valence-corrected chi connectivity index (χ1v) is 7.54. The van der Waals surface area contributed by atoms with E-state index in [-0.39, 0.29) is 17.0 Å². The lowest BCUT2D eigenvalue weighted by Gasteiger charge is -2.30. The highest BCUT2D eigenvalue weighted by Gasteiger charge is 2.38. The van der Waals surface area contributed by atoms with E-state index in [9.17, 15) is 9.59 Å². The second-order valence-electron chi connectivity index (χ2n) is 5.62. The zero-order chi connectivity index (χ0) is 15.8. The molecule has 21 heavy (non-hydrogen) atoms. The maximum absolute atomic E-state index is 12.4. The van der Waals surface area contributed by atoms with Crippen molar-refractivity contribution >= 4 is 46.3 Å². The highest BCUT2D eigenvalue weighted by molar-refractivity contribution is 8.26. The van der Waals surface area contributed by atoms with E-state index in [0.717, 1.165) is 5.56 Å². The molecule has 1 aromatic rings. The second kappa shape index (κ2) is 5.61. The van der Waals surface area contributed by atoms with Crippen LogP contribution in [0.15, 0.2) is 29.2 Å². The number of aromatic carboxylic acids is 1. The smallest absolute Gasteiger partial charge is 0.335 e. The molecule has 1 aliphatic heterocycles. The van der Waals surface area contributed by atoms with Gasteiger partial charge in [0.2, 0.25) is 0 Å². The van der Waals surface area contributed by atoms with Crippen molar-refractivity contribution < 1.29 is 14.7 Å². The zero-order valence-electron chi connectivity index (χ0n) is 11.9. The minimum Gasteiger partial charge on any atom is -0.478 e. The second-order valence-corrected chi connectivity index (χ2v) is 7.29. The quantitative estimate of drug-likeness (QED) is 0.668. The number of carbonyl (C=O) groups is 2. The van der Waals surface area contributed by atoms with Crippen molar-refractivity contribution in [2.24, 2.45) is 0 Å². The molecule has 110 valence electrons. The van der Waals surface area contributed by atoms with Crippen LogP contribution in [0, 0.1) is 0 Å². The van der Waals surface area contributed by atoms with Gasteiger partial charge in [-0.2, -0.15) is 0 Å². The molecule has 1 saturated heterocycles. The number of carboxylic acids is 1. The monoisotopic (exact) mass is 321 g/mol. The number of amides is 1. The van der Waals surface area contributed by atoms with E-state index in [0.29, 0.717) is 9.23 Å². The summed E-state index contributed by atoms with van der Waals surface area (Å²) in [4.78, 5) is 25.4. The van der Waals surface area contributed by atoms with Gasteiger partial charge in [-0.3, -0.25) is 9.69 Å². The number of hydrogen-bond donors (Lipinski definition) is 1. The summed E-state index contributed by atoms with van der Waals surface area (Å²) in [5.74, 6) is -1.08. The SMILES string of the molecule is CC(C)(C)N1C(=O)/C(=C/c2ccc(C(=O)O)cc2)SC1=S. The topological polar surface area (TPSA) is 57.6 Å². The van der Waals surface area contributed by atoms with Crippen molar-refractivity contribution in [3.8, 4) is 0 Å². The fourth-order valence-corrected chi connectivity index (χ4v) is 3.56. The average Bonchev–Trinajstić information content (AvgIpc) is 2.64. The Balaban J connectivity index is 2.28. The standard InChI is InChI=1S/C15H15NO3S2/c1-15(2,3)16-12(17)11(21-14(16)20)8-9-4-6-10(7-5-9)13(18)19/h4-8H,1-3H3,(H,18,19)/b11-8-. The van der Waals surface area contributed by atoms with Crippen LogP contribution in [0.1, 0.15) is 36.7 Å². The van der Waals surface area contributed by atoms with Crippen LogP contribution in [-0.4, -0.2) is 31.7 Å². The van der Waals surface area contributed by atoms with Gasteiger partial charge >= 0.3 is 5.97 Å². The first-order valence-electron chi connectivity index (χ1n) is 6.31. The molecule has 1 N–H and O–H groups in total. The predicted molar refractivity (Wildman–Crippen MR) is 88.2 cm³/mol. The number of rotatable bonds is 2. The average molecular weight is 321 g/mol. The third kappa shape index (κ3) is 3.33. The number of carbonyl (C=O) groups excluding carboxylic acids is 1. The number of nitrogens with zero attached hydrogens (tertiary/aromatic N) is 1. The van der Waals surface area contributed by atoms with Gasteiger partial charge in [0.15, 0.2) is 0 Å². The third-order valence-electron chi connectivity index (χ3n) is 2.92. The molecule has 1 amide bonds. The Kier molecular flexibility index (Phi) is 4.20. The summed E-state index contributed by atoms with van der Waals surface area (Å²) in [5, 5.41) is 8.86. The Hall–Kier alpha value is -1.66. The van der Waals surface area contributed by atoms with Crippen LogP contribution in [0.4, 0.5) is 0 Å². The highest BCUT2D eigenvalue weighted by Crippen LogP contribution is 2.36. The van der Waals surface area contributed by atoms with Crippen LogP contribution in [0.25, 0.3) is 6.08 Å².